The lowest BCUT2D eigenvalue weighted by molar-refractivity contribution is 0.138. The third-order valence-corrected chi connectivity index (χ3v) is 2.53. The third-order valence-electron chi connectivity index (χ3n) is 2.53. The number of aliphatic hydroxyl groups excluding tert-OH is 2. The molecule has 0 radical (unpaired) electrons. The van der Waals surface area contributed by atoms with Crippen molar-refractivity contribution < 1.29 is 10.2 Å². The minimum atomic E-state index is -0.279. The first-order valence-corrected chi connectivity index (χ1v) is 5.44. The molecule has 0 fully saturated rings. The van der Waals surface area contributed by atoms with Gasteiger partial charge < -0.3 is 15.5 Å². The molecule has 86 valence electrons. The molecule has 14 heavy (non-hydrogen) atoms. The van der Waals surface area contributed by atoms with E-state index in [0.717, 1.165) is 12.8 Å². The first-order chi connectivity index (χ1) is 6.41. The van der Waals surface area contributed by atoms with Gasteiger partial charge in [-0.1, -0.05) is 27.7 Å². The van der Waals surface area contributed by atoms with E-state index in [-0.39, 0.29) is 24.2 Å². The van der Waals surface area contributed by atoms with Crippen LogP contribution >= 0.6 is 0 Å². The van der Waals surface area contributed by atoms with Crippen LogP contribution in [0.15, 0.2) is 0 Å². The van der Waals surface area contributed by atoms with Gasteiger partial charge in [-0.15, -0.1) is 0 Å². The second kappa shape index (κ2) is 6.38. The molecule has 0 bridgehead atoms. The van der Waals surface area contributed by atoms with Crippen molar-refractivity contribution >= 4 is 0 Å². The fourth-order valence-electron chi connectivity index (χ4n) is 1.39. The lowest BCUT2D eigenvalue weighted by atomic mass is 9.85. The van der Waals surface area contributed by atoms with Crippen LogP contribution in [0.25, 0.3) is 0 Å². The summed E-state index contributed by atoms with van der Waals surface area (Å²) in [7, 11) is 0. The fraction of sp³-hybridized carbons (Fsp3) is 1.00. The highest BCUT2D eigenvalue weighted by molar-refractivity contribution is 4.80. The summed E-state index contributed by atoms with van der Waals surface area (Å²) in [5, 5.41) is 21.6. The van der Waals surface area contributed by atoms with Crippen molar-refractivity contribution in [3.05, 3.63) is 0 Å². The van der Waals surface area contributed by atoms with Crippen LogP contribution in [0, 0.1) is 5.41 Å². The van der Waals surface area contributed by atoms with E-state index in [4.69, 9.17) is 5.11 Å². The predicted octanol–water partition coefficient (Wildman–Crippen LogP) is 1.14. The van der Waals surface area contributed by atoms with Gasteiger partial charge in [-0.25, -0.2) is 0 Å². The van der Waals surface area contributed by atoms with Gasteiger partial charge in [0.15, 0.2) is 0 Å². The number of hydrogen-bond acceptors (Lipinski definition) is 3. The Morgan fingerprint density at radius 2 is 1.86 bits per heavy atom. The molecule has 0 aromatic rings. The molecule has 0 aromatic heterocycles. The topological polar surface area (TPSA) is 52.5 Å². The van der Waals surface area contributed by atoms with Gasteiger partial charge in [0.05, 0.1) is 6.10 Å². The molecule has 3 nitrogen and oxygen atoms in total. The van der Waals surface area contributed by atoms with Crippen LogP contribution in [0.4, 0.5) is 0 Å². The average molecular weight is 203 g/mol. The van der Waals surface area contributed by atoms with Crippen molar-refractivity contribution in [3.63, 3.8) is 0 Å². The molecule has 3 N–H and O–H groups in total. The Morgan fingerprint density at radius 3 is 2.21 bits per heavy atom. The van der Waals surface area contributed by atoms with Crippen molar-refractivity contribution in [1.82, 2.24) is 5.32 Å². The second-order valence-electron chi connectivity index (χ2n) is 4.90. The van der Waals surface area contributed by atoms with Crippen LogP contribution < -0.4 is 5.32 Å². The maximum Gasteiger partial charge on any atom is 0.0662 e. The van der Waals surface area contributed by atoms with Crippen LogP contribution in [0.5, 0.6) is 0 Å². The summed E-state index contributed by atoms with van der Waals surface area (Å²) in [4.78, 5) is 0. The summed E-state index contributed by atoms with van der Waals surface area (Å²) in [6.07, 6.45) is 1.22. The van der Waals surface area contributed by atoms with E-state index in [1.54, 1.807) is 0 Å². The fourth-order valence-corrected chi connectivity index (χ4v) is 1.39. The Balaban J connectivity index is 3.98. The van der Waals surface area contributed by atoms with E-state index in [2.05, 4.69) is 26.1 Å². The van der Waals surface area contributed by atoms with Crippen molar-refractivity contribution in [2.24, 2.45) is 5.41 Å². The van der Waals surface area contributed by atoms with Crippen molar-refractivity contribution in [2.45, 2.75) is 52.7 Å². The molecule has 2 atom stereocenters. The Labute approximate surface area is 87.5 Å². The Kier molecular flexibility index (Phi) is 6.33. The molecule has 0 saturated carbocycles. The number of hydrogen-bond donors (Lipinski definition) is 3. The Hall–Kier alpha value is -0.120. The SMILES string of the molecule is CCC(O)CNC(CCO)C(C)(C)C. The standard InChI is InChI=1S/C11H25NO2/c1-5-9(14)8-12-10(6-7-13)11(2,3)4/h9-10,12-14H,5-8H2,1-4H3. The molecule has 0 spiro atoms. The minimum absolute atomic E-state index is 0.121. The van der Waals surface area contributed by atoms with E-state index in [1.807, 2.05) is 6.92 Å². The first-order valence-electron chi connectivity index (χ1n) is 5.44. The summed E-state index contributed by atoms with van der Waals surface area (Å²) in [6.45, 7) is 9.18. The number of aliphatic hydroxyl groups is 2. The summed E-state index contributed by atoms with van der Waals surface area (Å²) < 4.78 is 0. The highest BCUT2D eigenvalue weighted by Crippen LogP contribution is 2.21. The molecule has 0 aliphatic rings. The lowest BCUT2D eigenvalue weighted by Crippen LogP contribution is -2.44. The maximum absolute atomic E-state index is 9.42. The minimum Gasteiger partial charge on any atom is -0.396 e. The Bertz CT molecular complexity index is 143. The van der Waals surface area contributed by atoms with Gasteiger partial charge in [0, 0.05) is 19.2 Å². The third kappa shape index (κ3) is 5.58. The summed E-state index contributed by atoms with van der Waals surface area (Å²) in [6, 6.07) is 0.258. The van der Waals surface area contributed by atoms with Crippen LogP contribution in [0.1, 0.15) is 40.5 Å². The van der Waals surface area contributed by atoms with Gasteiger partial charge in [-0.3, -0.25) is 0 Å². The van der Waals surface area contributed by atoms with Gasteiger partial charge in [0.25, 0.3) is 0 Å². The highest BCUT2D eigenvalue weighted by Gasteiger charge is 2.23. The lowest BCUT2D eigenvalue weighted by Gasteiger charge is -2.32. The van der Waals surface area contributed by atoms with Gasteiger partial charge in [-0.2, -0.15) is 0 Å². The van der Waals surface area contributed by atoms with E-state index >= 15 is 0 Å². The molecular weight excluding hydrogens is 178 g/mol. The molecular formula is C11H25NO2. The van der Waals surface area contributed by atoms with Crippen molar-refractivity contribution in [2.75, 3.05) is 13.2 Å². The quantitative estimate of drug-likeness (QED) is 0.607. The molecule has 2 unspecified atom stereocenters. The van der Waals surface area contributed by atoms with Gasteiger partial charge in [0.2, 0.25) is 0 Å². The van der Waals surface area contributed by atoms with Crippen molar-refractivity contribution in [1.29, 1.82) is 0 Å². The average Bonchev–Trinajstić information content (AvgIpc) is 2.09. The molecule has 3 heteroatoms. The van der Waals surface area contributed by atoms with E-state index in [1.165, 1.54) is 0 Å². The number of nitrogens with one attached hydrogen (secondary N) is 1. The van der Waals surface area contributed by atoms with E-state index < -0.39 is 0 Å². The van der Waals surface area contributed by atoms with Crippen LogP contribution in [-0.2, 0) is 0 Å². The van der Waals surface area contributed by atoms with E-state index in [0.29, 0.717) is 6.54 Å². The summed E-state index contributed by atoms with van der Waals surface area (Å²) in [5.74, 6) is 0. The molecule has 0 aliphatic heterocycles. The van der Waals surface area contributed by atoms with E-state index in [9.17, 15) is 5.11 Å². The largest absolute Gasteiger partial charge is 0.396 e. The van der Waals surface area contributed by atoms with Gasteiger partial charge in [-0.05, 0) is 18.3 Å². The molecule has 0 aromatic carbocycles. The van der Waals surface area contributed by atoms with Crippen LogP contribution in [-0.4, -0.2) is 35.5 Å². The molecule has 0 amide bonds. The zero-order valence-corrected chi connectivity index (χ0v) is 9.88. The van der Waals surface area contributed by atoms with Crippen LogP contribution in [0.2, 0.25) is 0 Å². The molecule has 0 aliphatic carbocycles. The maximum atomic E-state index is 9.42. The van der Waals surface area contributed by atoms with Gasteiger partial charge in [0.1, 0.15) is 0 Å². The zero-order valence-electron chi connectivity index (χ0n) is 9.88. The van der Waals surface area contributed by atoms with Gasteiger partial charge >= 0.3 is 0 Å². The first kappa shape index (κ1) is 13.9. The molecule has 0 rings (SSSR count). The highest BCUT2D eigenvalue weighted by atomic mass is 16.3. The predicted molar refractivity (Wildman–Crippen MR) is 59.2 cm³/mol. The Morgan fingerprint density at radius 1 is 1.29 bits per heavy atom. The van der Waals surface area contributed by atoms with Crippen molar-refractivity contribution in [3.8, 4) is 0 Å². The molecule has 0 saturated heterocycles. The van der Waals surface area contributed by atoms with Crippen LogP contribution in [0.3, 0.4) is 0 Å². The second-order valence-corrected chi connectivity index (χ2v) is 4.90. The smallest absolute Gasteiger partial charge is 0.0662 e. The number of rotatable bonds is 6. The summed E-state index contributed by atoms with van der Waals surface area (Å²) in [5.41, 5.74) is 0.121. The normalized spacial score (nSPS) is 16.7. The monoisotopic (exact) mass is 203 g/mol. The molecule has 0 heterocycles. The zero-order chi connectivity index (χ0) is 11.2. The summed E-state index contributed by atoms with van der Waals surface area (Å²) >= 11 is 0.